The molecule has 1 aliphatic heterocycles. The number of nitrogens with one attached hydrogen (secondary N) is 1. The predicted octanol–water partition coefficient (Wildman–Crippen LogP) is 2.94. The molecule has 0 saturated heterocycles. The third kappa shape index (κ3) is 5.03. The van der Waals surface area contributed by atoms with Gasteiger partial charge in [-0.1, -0.05) is 17.7 Å². The topological polar surface area (TPSA) is 102 Å². The summed E-state index contributed by atoms with van der Waals surface area (Å²) in [5, 5.41) is 3.13. The standard InChI is InChI=1S/C20H20FN5O2S/c1-3-4-8-28-17-12-23-16(11-24-17)18(27)25-13-5-6-15(21)14(10-13)20(2)7-9-29-19(22)26-20/h5-6,10-12H,7-9H2,1-2H3,(H2,22,26)(H,25,27)/t20-/m0/s1. The number of thioether (sulfide) groups is 1. The van der Waals surface area contributed by atoms with Crippen molar-refractivity contribution in [1.29, 1.82) is 0 Å². The molecule has 0 saturated carbocycles. The molecule has 0 aliphatic carbocycles. The molecule has 0 radical (unpaired) electrons. The van der Waals surface area contributed by atoms with Gasteiger partial charge in [-0.3, -0.25) is 9.79 Å². The summed E-state index contributed by atoms with van der Waals surface area (Å²) in [6, 6.07) is 4.37. The summed E-state index contributed by atoms with van der Waals surface area (Å²) < 4.78 is 19.8. The van der Waals surface area contributed by atoms with Crippen molar-refractivity contribution in [2.24, 2.45) is 10.7 Å². The predicted molar refractivity (Wildman–Crippen MR) is 111 cm³/mol. The van der Waals surface area contributed by atoms with E-state index in [1.807, 2.05) is 6.92 Å². The SMILES string of the molecule is CC#CCOc1cnc(C(=O)Nc2ccc(F)c([C@]3(C)CCSC(N)=N3)c2)cn1. The smallest absolute Gasteiger partial charge is 0.275 e. The lowest BCUT2D eigenvalue weighted by atomic mass is 9.89. The highest BCUT2D eigenvalue weighted by Gasteiger charge is 2.32. The molecule has 0 fully saturated rings. The number of anilines is 1. The number of nitrogens with two attached hydrogens (primary N) is 1. The van der Waals surface area contributed by atoms with Gasteiger partial charge < -0.3 is 15.8 Å². The number of nitrogens with zero attached hydrogens (tertiary/aromatic N) is 3. The molecule has 0 bridgehead atoms. The average molecular weight is 413 g/mol. The molecule has 2 heterocycles. The lowest BCUT2D eigenvalue weighted by Crippen LogP contribution is -2.29. The van der Waals surface area contributed by atoms with Crippen LogP contribution in [-0.4, -0.2) is 33.4 Å². The second kappa shape index (κ2) is 8.92. The number of rotatable bonds is 5. The lowest BCUT2D eigenvalue weighted by Gasteiger charge is -2.30. The fourth-order valence-corrected chi connectivity index (χ4v) is 3.76. The third-order valence-corrected chi connectivity index (χ3v) is 5.13. The van der Waals surface area contributed by atoms with Crippen LogP contribution < -0.4 is 15.8 Å². The maximum Gasteiger partial charge on any atom is 0.275 e. The van der Waals surface area contributed by atoms with Crippen molar-refractivity contribution >= 4 is 28.5 Å². The molecule has 3 rings (SSSR count). The summed E-state index contributed by atoms with van der Waals surface area (Å²) in [5.74, 6) is 5.59. The molecular formula is C20H20FN5O2S. The van der Waals surface area contributed by atoms with Crippen molar-refractivity contribution < 1.29 is 13.9 Å². The number of carbonyl (C=O) groups excluding carboxylic acids is 1. The summed E-state index contributed by atoms with van der Waals surface area (Å²) in [7, 11) is 0. The van der Waals surface area contributed by atoms with Gasteiger partial charge in [0.05, 0.1) is 17.9 Å². The van der Waals surface area contributed by atoms with Crippen molar-refractivity contribution in [3.63, 3.8) is 0 Å². The van der Waals surface area contributed by atoms with E-state index in [0.717, 1.165) is 5.75 Å². The second-order valence-corrected chi connectivity index (χ2v) is 7.54. The Morgan fingerprint density at radius 1 is 1.41 bits per heavy atom. The summed E-state index contributed by atoms with van der Waals surface area (Å²) >= 11 is 1.44. The quantitative estimate of drug-likeness (QED) is 0.731. The van der Waals surface area contributed by atoms with E-state index in [0.29, 0.717) is 22.8 Å². The summed E-state index contributed by atoms with van der Waals surface area (Å²) in [5.41, 5.74) is 5.97. The average Bonchev–Trinajstić information content (AvgIpc) is 2.70. The molecule has 1 aromatic heterocycles. The molecule has 29 heavy (non-hydrogen) atoms. The molecule has 0 unspecified atom stereocenters. The maximum absolute atomic E-state index is 14.5. The number of amides is 1. The first-order valence-electron chi connectivity index (χ1n) is 8.85. The number of halogens is 1. The van der Waals surface area contributed by atoms with Crippen molar-refractivity contribution in [1.82, 2.24) is 9.97 Å². The lowest BCUT2D eigenvalue weighted by molar-refractivity contribution is 0.102. The maximum atomic E-state index is 14.5. The van der Waals surface area contributed by atoms with Crippen LogP contribution in [0.5, 0.6) is 5.88 Å². The van der Waals surface area contributed by atoms with Crippen molar-refractivity contribution in [3.8, 4) is 17.7 Å². The second-order valence-electron chi connectivity index (χ2n) is 6.43. The Kier molecular flexibility index (Phi) is 6.34. The Labute approximate surface area is 172 Å². The zero-order chi connectivity index (χ0) is 20.9. The molecule has 1 aromatic carbocycles. The molecule has 9 heteroatoms. The Balaban J connectivity index is 1.75. The molecule has 150 valence electrons. The summed E-state index contributed by atoms with van der Waals surface area (Å²) in [6.45, 7) is 3.73. The van der Waals surface area contributed by atoms with E-state index in [9.17, 15) is 9.18 Å². The van der Waals surface area contributed by atoms with Gasteiger partial charge in [0, 0.05) is 17.0 Å². The zero-order valence-electron chi connectivity index (χ0n) is 16.0. The Morgan fingerprint density at radius 3 is 2.93 bits per heavy atom. The van der Waals surface area contributed by atoms with Crippen molar-refractivity contribution in [2.45, 2.75) is 25.8 Å². The van der Waals surface area contributed by atoms with E-state index in [1.165, 1.54) is 36.3 Å². The van der Waals surface area contributed by atoms with Gasteiger partial charge in [-0.15, -0.1) is 5.92 Å². The number of hydrogen-bond donors (Lipinski definition) is 2. The summed E-state index contributed by atoms with van der Waals surface area (Å²) in [6.07, 6.45) is 3.29. The first-order valence-corrected chi connectivity index (χ1v) is 9.84. The van der Waals surface area contributed by atoms with Crippen LogP contribution in [0.3, 0.4) is 0 Å². The number of aliphatic imine (C=N–C) groups is 1. The summed E-state index contributed by atoms with van der Waals surface area (Å²) in [4.78, 5) is 25.0. The van der Waals surface area contributed by atoms with Gasteiger partial charge in [-0.05, 0) is 38.5 Å². The van der Waals surface area contributed by atoms with E-state index in [4.69, 9.17) is 10.5 Å². The molecule has 0 spiro atoms. The van der Waals surface area contributed by atoms with E-state index in [2.05, 4.69) is 32.1 Å². The molecular weight excluding hydrogens is 393 g/mol. The van der Waals surface area contributed by atoms with Crippen LogP contribution in [0.2, 0.25) is 0 Å². The number of carbonyl (C=O) groups is 1. The fourth-order valence-electron chi connectivity index (χ4n) is 2.78. The zero-order valence-corrected chi connectivity index (χ0v) is 16.8. The number of amidine groups is 1. The van der Waals surface area contributed by atoms with Gasteiger partial charge in [0.15, 0.2) is 11.8 Å². The van der Waals surface area contributed by atoms with E-state index in [1.54, 1.807) is 13.0 Å². The van der Waals surface area contributed by atoms with Gasteiger partial charge in [-0.25, -0.2) is 14.4 Å². The van der Waals surface area contributed by atoms with Crippen LogP contribution in [-0.2, 0) is 5.54 Å². The third-order valence-electron chi connectivity index (χ3n) is 4.33. The molecule has 7 nitrogen and oxygen atoms in total. The van der Waals surface area contributed by atoms with Crippen LogP contribution in [0.1, 0.15) is 36.3 Å². The fraction of sp³-hybridized carbons (Fsp3) is 0.300. The minimum atomic E-state index is -0.777. The van der Waals surface area contributed by atoms with Gasteiger partial charge in [0.1, 0.15) is 11.5 Å². The minimum absolute atomic E-state index is 0.104. The first kappa shape index (κ1) is 20.6. The number of benzene rings is 1. The highest BCUT2D eigenvalue weighted by Crippen LogP contribution is 2.37. The largest absolute Gasteiger partial charge is 0.463 e. The minimum Gasteiger partial charge on any atom is -0.463 e. The van der Waals surface area contributed by atoms with Gasteiger partial charge in [0.2, 0.25) is 5.88 Å². The van der Waals surface area contributed by atoms with Crippen LogP contribution in [0.15, 0.2) is 35.6 Å². The molecule has 3 N–H and O–H groups in total. The van der Waals surface area contributed by atoms with E-state index < -0.39 is 17.3 Å². The monoisotopic (exact) mass is 413 g/mol. The van der Waals surface area contributed by atoms with Crippen molar-refractivity contribution in [3.05, 3.63) is 47.7 Å². The highest BCUT2D eigenvalue weighted by atomic mass is 32.2. The van der Waals surface area contributed by atoms with Gasteiger partial charge in [0.25, 0.3) is 5.91 Å². The molecule has 1 aliphatic rings. The Hall–Kier alpha value is -3.12. The van der Waals surface area contributed by atoms with Gasteiger partial charge in [-0.2, -0.15) is 0 Å². The van der Waals surface area contributed by atoms with E-state index in [-0.39, 0.29) is 18.2 Å². The van der Waals surface area contributed by atoms with Gasteiger partial charge >= 0.3 is 0 Å². The number of hydrogen-bond acceptors (Lipinski definition) is 7. The molecule has 1 atom stereocenters. The number of ether oxygens (including phenoxy) is 1. The van der Waals surface area contributed by atoms with Crippen LogP contribution in [0.25, 0.3) is 0 Å². The first-order chi connectivity index (χ1) is 13.9. The van der Waals surface area contributed by atoms with E-state index >= 15 is 0 Å². The molecule has 1 amide bonds. The highest BCUT2D eigenvalue weighted by molar-refractivity contribution is 8.13. The van der Waals surface area contributed by atoms with Crippen LogP contribution in [0.4, 0.5) is 10.1 Å². The normalized spacial score (nSPS) is 18.2. The van der Waals surface area contributed by atoms with Crippen LogP contribution >= 0.6 is 11.8 Å². The molecule has 2 aromatic rings. The Bertz CT molecular complexity index is 1000. The number of aromatic nitrogens is 2. The van der Waals surface area contributed by atoms with Crippen molar-refractivity contribution in [2.75, 3.05) is 17.7 Å². The Morgan fingerprint density at radius 2 is 2.24 bits per heavy atom. The van der Waals surface area contributed by atoms with Crippen LogP contribution in [0, 0.1) is 17.7 Å².